The van der Waals surface area contributed by atoms with Crippen LogP contribution >= 0.6 is 0 Å². The summed E-state index contributed by atoms with van der Waals surface area (Å²) in [6.45, 7) is 4.38. The second kappa shape index (κ2) is 7.14. The van der Waals surface area contributed by atoms with Gasteiger partial charge in [-0.3, -0.25) is 0 Å². The van der Waals surface area contributed by atoms with Gasteiger partial charge in [0.15, 0.2) is 0 Å². The largest absolute Gasteiger partial charge is 0.388 e. The molecule has 0 bridgehead atoms. The SMILES string of the molecule is CCOCC1OCC(OCCOC)C1O. The fourth-order valence-corrected chi connectivity index (χ4v) is 1.47. The van der Waals surface area contributed by atoms with Crippen LogP contribution in [0.1, 0.15) is 6.92 Å². The number of methoxy groups -OCH3 is 1. The topological polar surface area (TPSA) is 57.2 Å². The molecule has 5 nitrogen and oxygen atoms in total. The Bertz CT molecular complexity index is 164. The van der Waals surface area contributed by atoms with Crippen LogP contribution in [0.2, 0.25) is 0 Å². The van der Waals surface area contributed by atoms with Crippen LogP contribution in [-0.4, -0.2) is 63.6 Å². The minimum absolute atomic E-state index is 0.259. The molecule has 0 saturated carbocycles. The van der Waals surface area contributed by atoms with Crippen molar-refractivity contribution in [1.82, 2.24) is 0 Å². The molecule has 0 radical (unpaired) electrons. The van der Waals surface area contributed by atoms with Gasteiger partial charge in [0.1, 0.15) is 18.3 Å². The summed E-state index contributed by atoms with van der Waals surface area (Å²) >= 11 is 0. The van der Waals surface area contributed by atoms with Gasteiger partial charge in [0, 0.05) is 13.7 Å². The summed E-state index contributed by atoms with van der Waals surface area (Å²) in [7, 11) is 1.61. The van der Waals surface area contributed by atoms with Gasteiger partial charge in [0.05, 0.1) is 26.4 Å². The number of ether oxygens (including phenoxy) is 4. The molecular weight excluding hydrogens is 200 g/mol. The number of hydrogen-bond donors (Lipinski definition) is 1. The maximum atomic E-state index is 9.80. The zero-order valence-corrected chi connectivity index (χ0v) is 9.35. The smallest absolute Gasteiger partial charge is 0.111 e. The highest BCUT2D eigenvalue weighted by Gasteiger charge is 2.36. The minimum Gasteiger partial charge on any atom is -0.388 e. The highest BCUT2D eigenvalue weighted by atomic mass is 16.6. The lowest BCUT2D eigenvalue weighted by molar-refractivity contribution is -0.0468. The number of hydrogen-bond acceptors (Lipinski definition) is 5. The van der Waals surface area contributed by atoms with Crippen LogP contribution in [0.5, 0.6) is 0 Å². The van der Waals surface area contributed by atoms with E-state index in [1.807, 2.05) is 6.92 Å². The van der Waals surface area contributed by atoms with Gasteiger partial charge < -0.3 is 24.1 Å². The van der Waals surface area contributed by atoms with E-state index in [1.54, 1.807) is 7.11 Å². The van der Waals surface area contributed by atoms with E-state index in [4.69, 9.17) is 18.9 Å². The van der Waals surface area contributed by atoms with Crippen LogP contribution in [0.4, 0.5) is 0 Å². The summed E-state index contributed by atoms with van der Waals surface area (Å²) in [5, 5.41) is 9.80. The molecule has 1 aliphatic heterocycles. The maximum absolute atomic E-state index is 9.80. The van der Waals surface area contributed by atoms with E-state index in [-0.39, 0.29) is 12.2 Å². The van der Waals surface area contributed by atoms with Crippen molar-refractivity contribution in [2.75, 3.05) is 40.1 Å². The second-order valence-electron chi connectivity index (χ2n) is 3.42. The minimum atomic E-state index is -0.603. The zero-order chi connectivity index (χ0) is 11.1. The van der Waals surface area contributed by atoms with Gasteiger partial charge in [-0.05, 0) is 6.92 Å². The standard InChI is InChI=1S/C10H20O5/c1-3-13-6-8-10(11)9(7-15-8)14-5-4-12-2/h8-11H,3-7H2,1-2H3. The number of rotatable bonds is 7. The van der Waals surface area contributed by atoms with Gasteiger partial charge >= 0.3 is 0 Å². The third kappa shape index (κ3) is 4.04. The lowest BCUT2D eigenvalue weighted by Crippen LogP contribution is -2.35. The molecule has 1 fully saturated rings. The van der Waals surface area contributed by atoms with E-state index in [9.17, 15) is 5.11 Å². The first-order valence-electron chi connectivity index (χ1n) is 5.27. The molecule has 1 heterocycles. The van der Waals surface area contributed by atoms with Crippen molar-refractivity contribution in [1.29, 1.82) is 0 Å². The fraction of sp³-hybridized carbons (Fsp3) is 1.00. The summed E-state index contributed by atoms with van der Waals surface area (Å²) in [4.78, 5) is 0. The van der Waals surface area contributed by atoms with Crippen LogP contribution in [0.3, 0.4) is 0 Å². The first-order valence-corrected chi connectivity index (χ1v) is 5.27. The van der Waals surface area contributed by atoms with Gasteiger partial charge in [-0.25, -0.2) is 0 Å². The molecule has 1 saturated heterocycles. The molecule has 1 aliphatic rings. The summed E-state index contributed by atoms with van der Waals surface area (Å²) in [6.07, 6.45) is -1.13. The quantitative estimate of drug-likeness (QED) is 0.603. The fourth-order valence-electron chi connectivity index (χ4n) is 1.47. The second-order valence-corrected chi connectivity index (χ2v) is 3.42. The van der Waals surface area contributed by atoms with Crippen molar-refractivity contribution in [3.8, 4) is 0 Å². The van der Waals surface area contributed by atoms with Crippen LogP contribution in [-0.2, 0) is 18.9 Å². The van der Waals surface area contributed by atoms with Crippen LogP contribution in [0.25, 0.3) is 0 Å². The molecule has 3 unspecified atom stereocenters. The molecule has 0 aromatic heterocycles. The van der Waals surface area contributed by atoms with Crippen molar-refractivity contribution in [3.05, 3.63) is 0 Å². The maximum Gasteiger partial charge on any atom is 0.111 e. The van der Waals surface area contributed by atoms with Gasteiger partial charge in [-0.2, -0.15) is 0 Å². The van der Waals surface area contributed by atoms with Gasteiger partial charge in [-0.1, -0.05) is 0 Å². The zero-order valence-electron chi connectivity index (χ0n) is 9.35. The van der Waals surface area contributed by atoms with Crippen molar-refractivity contribution in [3.63, 3.8) is 0 Å². The molecule has 0 amide bonds. The highest BCUT2D eigenvalue weighted by Crippen LogP contribution is 2.17. The molecule has 3 atom stereocenters. The van der Waals surface area contributed by atoms with Crippen LogP contribution < -0.4 is 0 Å². The molecule has 0 spiro atoms. The first kappa shape index (κ1) is 12.9. The van der Waals surface area contributed by atoms with E-state index < -0.39 is 6.10 Å². The monoisotopic (exact) mass is 220 g/mol. The van der Waals surface area contributed by atoms with E-state index >= 15 is 0 Å². The van der Waals surface area contributed by atoms with Crippen LogP contribution in [0, 0.1) is 0 Å². The highest BCUT2D eigenvalue weighted by molar-refractivity contribution is 4.84. The van der Waals surface area contributed by atoms with Gasteiger partial charge in [0.25, 0.3) is 0 Å². The van der Waals surface area contributed by atoms with Crippen molar-refractivity contribution in [2.45, 2.75) is 25.2 Å². The average molecular weight is 220 g/mol. The van der Waals surface area contributed by atoms with Crippen LogP contribution in [0.15, 0.2) is 0 Å². The number of aliphatic hydroxyl groups is 1. The van der Waals surface area contributed by atoms with E-state index in [1.165, 1.54) is 0 Å². The van der Waals surface area contributed by atoms with Crippen molar-refractivity contribution < 1.29 is 24.1 Å². The Hall–Kier alpha value is -0.200. The molecule has 0 aromatic carbocycles. The molecule has 90 valence electrons. The van der Waals surface area contributed by atoms with E-state index in [0.29, 0.717) is 33.0 Å². The van der Waals surface area contributed by atoms with Crippen molar-refractivity contribution >= 4 is 0 Å². The van der Waals surface area contributed by atoms with E-state index in [0.717, 1.165) is 0 Å². The Kier molecular flexibility index (Phi) is 6.12. The first-order chi connectivity index (χ1) is 7.29. The molecule has 0 aliphatic carbocycles. The van der Waals surface area contributed by atoms with E-state index in [2.05, 4.69) is 0 Å². The predicted molar refractivity (Wildman–Crippen MR) is 53.9 cm³/mol. The molecule has 1 rings (SSSR count). The molecular formula is C10H20O5. The Balaban J connectivity index is 2.19. The molecule has 1 N–H and O–H groups in total. The summed E-state index contributed by atoms with van der Waals surface area (Å²) in [5.41, 5.74) is 0. The summed E-state index contributed by atoms with van der Waals surface area (Å²) in [6, 6.07) is 0. The third-order valence-corrected chi connectivity index (χ3v) is 2.34. The Labute approximate surface area is 90.3 Å². The Morgan fingerprint density at radius 2 is 2.20 bits per heavy atom. The summed E-state index contributed by atoms with van der Waals surface area (Å²) < 4.78 is 20.8. The Morgan fingerprint density at radius 1 is 1.40 bits per heavy atom. The molecule has 0 aromatic rings. The lowest BCUT2D eigenvalue weighted by atomic mass is 10.1. The predicted octanol–water partition coefficient (Wildman–Crippen LogP) is -0.186. The van der Waals surface area contributed by atoms with Gasteiger partial charge in [0.2, 0.25) is 0 Å². The van der Waals surface area contributed by atoms with Crippen molar-refractivity contribution in [2.24, 2.45) is 0 Å². The lowest BCUT2D eigenvalue weighted by Gasteiger charge is -2.17. The normalized spacial score (nSPS) is 31.0. The number of aliphatic hydroxyl groups excluding tert-OH is 1. The van der Waals surface area contributed by atoms with Gasteiger partial charge in [-0.15, -0.1) is 0 Å². The average Bonchev–Trinajstić information content (AvgIpc) is 2.58. The molecule has 15 heavy (non-hydrogen) atoms. The third-order valence-electron chi connectivity index (χ3n) is 2.34. The molecule has 5 heteroatoms. The Morgan fingerprint density at radius 3 is 2.87 bits per heavy atom. The summed E-state index contributed by atoms with van der Waals surface area (Å²) in [5.74, 6) is 0.